The van der Waals surface area contributed by atoms with E-state index in [-0.39, 0.29) is 10.6 Å². The van der Waals surface area contributed by atoms with E-state index in [9.17, 15) is 28.0 Å². The largest absolute Gasteiger partial charge is 0.345 e. The van der Waals surface area contributed by atoms with Crippen LogP contribution in [0.5, 0.6) is 0 Å². The van der Waals surface area contributed by atoms with Crippen LogP contribution >= 0.6 is 23.1 Å². The van der Waals surface area contributed by atoms with Crippen molar-refractivity contribution < 1.29 is 28.0 Å². The first-order valence-electron chi connectivity index (χ1n) is 8.14. The molecule has 0 radical (unpaired) electrons. The molecule has 0 unspecified atom stereocenters. The van der Waals surface area contributed by atoms with Gasteiger partial charge in [0.05, 0.1) is 11.4 Å². The molecule has 1 aliphatic rings. The smallest absolute Gasteiger partial charge is 0.294 e. The second kappa shape index (κ2) is 8.97. The van der Waals surface area contributed by atoms with E-state index in [1.165, 1.54) is 17.4 Å². The van der Waals surface area contributed by atoms with Gasteiger partial charge in [0.1, 0.15) is 6.54 Å². The molecule has 0 aliphatic carbocycles. The van der Waals surface area contributed by atoms with Crippen molar-refractivity contribution in [2.24, 2.45) is 0 Å². The minimum absolute atomic E-state index is 0.0211. The number of hydrogen-bond acceptors (Lipinski definition) is 6. The molecule has 2 heterocycles. The van der Waals surface area contributed by atoms with Crippen LogP contribution in [0.15, 0.2) is 40.6 Å². The van der Waals surface area contributed by atoms with Crippen LogP contribution in [-0.2, 0) is 14.4 Å². The number of hydrogen-bond donors (Lipinski definition) is 2. The maximum atomic E-state index is 13.1. The molecule has 2 N–H and O–H groups in total. The lowest BCUT2D eigenvalue weighted by molar-refractivity contribution is -0.129. The zero-order valence-electron chi connectivity index (χ0n) is 14.6. The predicted molar refractivity (Wildman–Crippen MR) is 105 cm³/mol. The van der Waals surface area contributed by atoms with Crippen LogP contribution in [0, 0.1) is 11.6 Å². The van der Waals surface area contributed by atoms with E-state index in [4.69, 9.17) is 0 Å². The van der Waals surface area contributed by atoms with Crippen molar-refractivity contribution in [3.63, 3.8) is 0 Å². The van der Waals surface area contributed by atoms with Crippen molar-refractivity contribution in [3.05, 3.63) is 57.1 Å². The van der Waals surface area contributed by atoms with E-state index < -0.39 is 47.7 Å². The number of anilines is 1. The average Bonchev–Trinajstić information content (AvgIpc) is 3.27. The Labute approximate surface area is 171 Å². The Balaban J connectivity index is 1.51. The third-order valence-corrected chi connectivity index (χ3v) is 5.37. The Morgan fingerprint density at radius 1 is 1.10 bits per heavy atom. The van der Waals surface area contributed by atoms with E-state index in [1.54, 1.807) is 18.2 Å². The number of rotatable bonds is 6. The van der Waals surface area contributed by atoms with Gasteiger partial charge in [0, 0.05) is 16.6 Å². The molecule has 29 heavy (non-hydrogen) atoms. The Bertz CT molecular complexity index is 1010. The van der Waals surface area contributed by atoms with E-state index in [1.807, 2.05) is 5.38 Å². The van der Waals surface area contributed by atoms with Crippen molar-refractivity contribution in [3.8, 4) is 0 Å². The summed E-state index contributed by atoms with van der Waals surface area (Å²) in [5.74, 6) is -4.17. The first-order valence-corrected chi connectivity index (χ1v) is 9.83. The maximum Gasteiger partial charge on any atom is 0.294 e. The summed E-state index contributed by atoms with van der Waals surface area (Å²) in [6, 6.07) is 6.41. The Morgan fingerprint density at radius 2 is 1.90 bits per heavy atom. The molecule has 0 bridgehead atoms. The number of amides is 4. The topological polar surface area (TPSA) is 95.6 Å². The number of carbonyl (C=O) groups is 4. The number of imide groups is 1. The molecule has 1 aliphatic heterocycles. The summed E-state index contributed by atoms with van der Waals surface area (Å²) in [7, 11) is 0. The molecule has 2 aromatic rings. The molecule has 0 spiro atoms. The van der Waals surface area contributed by atoms with Gasteiger partial charge in [-0.3, -0.25) is 24.1 Å². The molecule has 4 amide bonds. The lowest BCUT2D eigenvalue weighted by Gasteiger charge is -2.12. The van der Waals surface area contributed by atoms with Crippen molar-refractivity contribution in [2.75, 3.05) is 18.4 Å². The normalized spacial score (nSPS) is 15.1. The molecule has 1 aromatic heterocycles. The summed E-state index contributed by atoms with van der Waals surface area (Å²) >= 11 is 2.13. The molecule has 1 saturated heterocycles. The van der Waals surface area contributed by atoms with Gasteiger partial charge in [-0.1, -0.05) is 6.07 Å². The summed E-state index contributed by atoms with van der Waals surface area (Å²) in [6.45, 7) is -1.01. The number of nitrogens with zero attached hydrogens (tertiary/aromatic N) is 1. The molecule has 0 saturated carbocycles. The molecule has 1 fully saturated rings. The first kappa shape index (κ1) is 20.7. The van der Waals surface area contributed by atoms with Crippen molar-refractivity contribution in [2.45, 2.75) is 0 Å². The minimum atomic E-state index is -1.12. The summed E-state index contributed by atoms with van der Waals surface area (Å²) in [4.78, 5) is 49.9. The molecular formula is C18H13F2N3O4S2. The summed E-state index contributed by atoms with van der Waals surface area (Å²) < 4.78 is 26.0. The van der Waals surface area contributed by atoms with Crippen LogP contribution in [0.2, 0.25) is 0 Å². The zero-order chi connectivity index (χ0) is 21.0. The highest BCUT2D eigenvalue weighted by molar-refractivity contribution is 8.18. The first-order chi connectivity index (χ1) is 13.8. The SMILES string of the molecule is O=C(CN1C(=O)S/C(=C\c2cccs2)C1=O)NCC(=O)Nc1ccc(F)c(F)c1. The number of carbonyl (C=O) groups excluding carboxylic acids is 4. The monoisotopic (exact) mass is 437 g/mol. The number of thiophene rings is 1. The lowest BCUT2D eigenvalue weighted by Crippen LogP contribution is -2.42. The van der Waals surface area contributed by atoms with Crippen LogP contribution in [0.1, 0.15) is 4.88 Å². The Kier molecular flexibility index (Phi) is 6.39. The highest BCUT2D eigenvalue weighted by Crippen LogP contribution is 2.32. The molecule has 150 valence electrons. The predicted octanol–water partition coefficient (Wildman–Crippen LogP) is 2.82. The molecule has 7 nitrogen and oxygen atoms in total. The molecule has 3 rings (SSSR count). The van der Waals surface area contributed by atoms with Gasteiger partial charge in [0.25, 0.3) is 11.1 Å². The molecule has 0 atom stereocenters. The summed E-state index contributed by atoms with van der Waals surface area (Å²) in [5, 5.41) is 5.80. The van der Waals surface area contributed by atoms with Gasteiger partial charge in [-0.15, -0.1) is 11.3 Å². The summed E-state index contributed by atoms with van der Waals surface area (Å²) in [5.41, 5.74) is 0.0211. The van der Waals surface area contributed by atoms with Gasteiger partial charge in [-0.2, -0.15) is 0 Å². The van der Waals surface area contributed by atoms with Crippen molar-refractivity contribution >= 4 is 57.8 Å². The highest BCUT2D eigenvalue weighted by Gasteiger charge is 2.36. The fraction of sp³-hybridized carbons (Fsp3) is 0.111. The highest BCUT2D eigenvalue weighted by atomic mass is 32.2. The van der Waals surface area contributed by atoms with Crippen LogP contribution < -0.4 is 10.6 Å². The van der Waals surface area contributed by atoms with Crippen LogP contribution in [-0.4, -0.2) is 41.0 Å². The van der Waals surface area contributed by atoms with Crippen molar-refractivity contribution in [1.82, 2.24) is 10.2 Å². The van der Waals surface area contributed by atoms with E-state index in [0.717, 1.165) is 33.7 Å². The molecular weight excluding hydrogens is 424 g/mol. The fourth-order valence-corrected chi connectivity index (χ4v) is 3.86. The van der Waals surface area contributed by atoms with E-state index >= 15 is 0 Å². The van der Waals surface area contributed by atoms with Gasteiger partial charge in [0.15, 0.2) is 11.6 Å². The zero-order valence-corrected chi connectivity index (χ0v) is 16.2. The van der Waals surface area contributed by atoms with Gasteiger partial charge < -0.3 is 10.6 Å². The molecule has 1 aromatic carbocycles. The van der Waals surface area contributed by atoms with Crippen LogP contribution in [0.25, 0.3) is 6.08 Å². The Morgan fingerprint density at radius 3 is 2.59 bits per heavy atom. The Hall–Kier alpha value is -3.05. The number of nitrogens with one attached hydrogen (secondary N) is 2. The number of halogens is 2. The van der Waals surface area contributed by atoms with Gasteiger partial charge in [-0.05, 0) is 41.4 Å². The second-order valence-electron chi connectivity index (χ2n) is 5.74. The van der Waals surface area contributed by atoms with Crippen molar-refractivity contribution in [1.29, 1.82) is 0 Å². The van der Waals surface area contributed by atoms with Crippen LogP contribution in [0.3, 0.4) is 0 Å². The third kappa shape index (κ3) is 5.27. The van der Waals surface area contributed by atoms with E-state index in [0.29, 0.717) is 0 Å². The summed E-state index contributed by atoms with van der Waals surface area (Å²) in [6.07, 6.45) is 1.57. The molecule has 11 heteroatoms. The third-order valence-electron chi connectivity index (χ3n) is 3.64. The minimum Gasteiger partial charge on any atom is -0.345 e. The van der Waals surface area contributed by atoms with Gasteiger partial charge in [-0.25, -0.2) is 8.78 Å². The average molecular weight is 437 g/mol. The van der Waals surface area contributed by atoms with Gasteiger partial charge in [0.2, 0.25) is 11.8 Å². The number of benzene rings is 1. The van der Waals surface area contributed by atoms with Gasteiger partial charge >= 0.3 is 0 Å². The second-order valence-corrected chi connectivity index (χ2v) is 7.71. The van der Waals surface area contributed by atoms with Crippen LogP contribution in [0.4, 0.5) is 19.3 Å². The maximum absolute atomic E-state index is 13.1. The fourth-order valence-electron chi connectivity index (χ4n) is 2.30. The standard InChI is InChI=1S/C18H13F2N3O4S2/c19-12-4-3-10(6-13(12)20)22-15(24)8-21-16(25)9-23-17(26)14(29-18(23)27)7-11-2-1-5-28-11/h1-7H,8-9H2,(H,21,25)(H,22,24)/b14-7-. The lowest BCUT2D eigenvalue weighted by atomic mass is 10.3. The quantitative estimate of drug-likeness (QED) is 0.678. The number of thioether (sulfide) groups is 1. The van der Waals surface area contributed by atoms with E-state index in [2.05, 4.69) is 10.6 Å².